The van der Waals surface area contributed by atoms with Gasteiger partial charge in [-0.25, -0.2) is 0 Å². The highest BCUT2D eigenvalue weighted by Crippen LogP contribution is 2.39. The molecule has 2 fully saturated rings. The molecule has 6 atom stereocenters. The summed E-state index contributed by atoms with van der Waals surface area (Å²) in [7, 11) is 0. The zero-order valence-corrected chi connectivity index (χ0v) is 28.0. The summed E-state index contributed by atoms with van der Waals surface area (Å²) in [6.45, 7) is 3.80. The minimum absolute atomic E-state index is 0.137. The van der Waals surface area contributed by atoms with E-state index >= 15 is 0 Å². The summed E-state index contributed by atoms with van der Waals surface area (Å²) in [5.41, 5.74) is 15.2. The third-order valence-electron chi connectivity index (χ3n) is 9.38. The first-order chi connectivity index (χ1) is 24.2. The van der Waals surface area contributed by atoms with Gasteiger partial charge in [0.2, 0.25) is 23.6 Å². The van der Waals surface area contributed by atoms with Gasteiger partial charge in [0.25, 0.3) is 0 Å². The minimum Gasteiger partial charge on any atom is -0.423 e. The maximum atomic E-state index is 10.0. The second-order valence-electron chi connectivity index (χ2n) is 13.7. The Morgan fingerprint density at radius 1 is 0.780 bits per heavy atom. The van der Waals surface area contributed by atoms with Crippen LogP contribution in [0, 0.1) is 0 Å². The van der Waals surface area contributed by atoms with Gasteiger partial charge in [-0.1, -0.05) is 72.8 Å². The number of rotatable bonds is 9. The van der Waals surface area contributed by atoms with Gasteiger partial charge in [0.15, 0.2) is 0 Å². The predicted octanol–water partition coefficient (Wildman–Crippen LogP) is 3.58. The van der Waals surface area contributed by atoms with Crippen molar-refractivity contribution < 1.29 is 13.9 Å². The maximum absolute atomic E-state index is 10.0. The van der Waals surface area contributed by atoms with Crippen LogP contribution in [0.25, 0.3) is 17.1 Å². The fourth-order valence-electron chi connectivity index (χ4n) is 6.77. The standard InChI is InChI=1S/C18H17N7O.C18H24N4O2/c1-18(19,11-13-7-3-2-4-8-13)17-22-21-16(26-17)14-9-5-6-10-15(14)25-12-20-23-24-25;1-18(19,10-11-5-3-2-4-6-11)17-22-21-16(24-17)12-9-14-15(23)8-7-13(12)20-14/h2-10,12H,11,19H2,1H3;2-6,12-15,20,23H,7-10,19H2,1H3/t18-;12-,13?,14?,15-,18-/m11/s1. The number of fused-ring (bicyclic) bond motifs is 2. The summed E-state index contributed by atoms with van der Waals surface area (Å²) >= 11 is 0. The lowest BCUT2D eigenvalue weighted by atomic mass is 9.94. The average molecular weight is 676 g/mol. The minimum atomic E-state index is -0.781. The van der Waals surface area contributed by atoms with Crippen molar-refractivity contribution in [3.63, 3.8) is 0 Å². The van der Waals surface area contributed by atoms with Gasteiger partial charge in [0, 0.05) is 12.1 Å². The predicted molar refractivity (Wildman–Crippen MR) is 183 cm³/mol. The van der Waals surface area contributed by atoms with Gasteiger partial charge >= 0.3 is 0 Å². The highest BCUT2D eigenvalue weighted by molar-refractivity contribution is 5.65. The SMILES string of the molecule is C[C@@](N)(Cc1ccccc1)c1nnc(-c2ccccc2-n2cnnn2)o1.C[C@@](N)(Cc1ccccc1)c1nnc([C@@H]2CC3NC2CC[C@H]3O)o1. The van der Waals surface area contributed by atoms with Crippen LogP contribution in [0.3, 0.4) is 0 Å². The van der Waals surface area contributed by atoms with Crippen LogP contribution in [-0.4, -0.2) is 63.9 Å². The smallest absolute Gasteiger partial charge is 0.250 e. The molecule has 2 bridgehead atoms. The monoisotopic (exact) mass is 675 g/mol. The number of tetrazole rings is 1. The maximum Gasteiger partial charge on any atom is 0.250 e. The lowest BCUT2D eigenvalue weighted by molar-refractivity contribution is 0.103. The van der Waals surface area contributed by atoms with E-state index < -0.39 is 11.1 Å². The van der Waals surface area contributed by atoms with Crippen molar-refractivity contribution in [1.29, 1.82) is 0 Å². The van der Waals surface area contributed by atoms with Crippen LogP contribution < -0.4 is 16.8 Å². The molecule has 2 unspecified atom stereocenters. The fourth-order valence-corrected chi connectivity index (χ4v) is 6.77. The van der Waals surface area contributed by atoms with Gasteiger partial charge in [-0.3, -0.25) is 0 Å². The molecule has 0 aliphatic carbocycles. The molecule has 6 N–H and O–H groups in total. The van der Waals surface area contributed by atoms with Gasteiger partial charge < -0.3 is 30.7 Å². The summed E-state index contributed by atoms with van der Waals surface area (Å²) < 4.78 is 13.4. The number of aliphatic hydroxyl groups excluding tert-OH is 1. The van der Waals surface area contributed by atoms with Crippen molar-refractivity contribution in [1.82, 2.24) is 45.9 Å². The highest BCUT2D eigenvalue weighted by Gasteiger charge is 2.44. The van der Waals surface area contributed by atoms with Crippen molar-refractivity contribution in [2.24, 2.45) is 11.5 Å². The first kappa shape index (κ1) is 33.4. The first-order valence-corrected chi connectivity index (χ1v) is 16.8. The van der Waals surface area contributed by atoms with Crippen LogP contribution in [0.5, 0.6) is 0 Å². The number of aliphatic hydroxyl groups is 1. The topological polar surface area (TPSA) is 206 Å². The van der Waals surface area contributed by atoms with E-state index in [-0.39, 0.29) is 18.1 Å². The summed E-state index contributed by atoms with van der Waals surface area (Å²) in [5, 5.41) is 41.6. The quantitative estimate of drug-likeness (QED) is 0.173. The van der Waals surface area contributed by atoms with Crippen LogP contribution >= 0.6 is 0 Å². The van der Waals surface area contributed by atoms with E-state index in [2.05, 4.69) is 41.2 Å². The molecular weight excluding hydrogens is 634 g/mol. The summed E-state index contributed by atoms with van der Waals surface area (Å²) in [4.78, 5) is 0. The van der Waals surface area contributed by atoms with Crippen LogP contribution in [0.1, 0.15) is 67.8 Å². The lowest BCUT2D eigenvalue weighted by Gasteiger charge is -2.26. The molecule has 14 heteroatoms. The average Bonchev–Trinajstić information content (AvgIpc) is 3.95. The third kappa shape index (κ3) is 7.23. The molecule has 3 aromatic carbocycles. The number of benzene rings is 3. The van der Waals surface area contributed by atoms with Gasteiger partial charge in [0.1, 0.15) is 6.33 Å². The van der Waals surface area contributed by atoms with Crippen molar-refractivity contribution in [3.05, 3.63) is 120 Å². The normalized spacial score (nSPS) is 22.3. The number of hydrogen-bond acceptors (Lipinski definition) is 13. The fraction of sp³-hybridized carbons (Fsp3) is 0.361. The number of para-hydroxylation sites is 1. The molecule has 0 saturated carbocycles. The Balaban J connectivity index is 0.000000157. The Bertz CT molecular complexity index is 1980. The molecule has 8 rings (SSSR count). The number of nitrogens with one attached hydrogen (secondary N) is 1. The number of hydrogen-bond donors (Lipinski definition) is 4. The molecule has 2 aliphatic heterocycles. The molecule has 258 valence electrons. The van der Waals surface area contributed by atoms with Crippen LogP contribution in [0.15, 0.2) is 100 Å². The number of aromatic nitrogens is 8. The molecule has 50 heavy (non-hydrogen) atoms. The van der Waals surface area contributed by atoms with Crippen molar-refractivity contribution >= 4 is 0 Å². The Kier molecular flexibility index (Phi) is 9.33. The second kappa shape index (κ2) is 14.0. The molecule has 0 amide bonds. The Morgan fingerprint density at radius 3 is 2.04 bits per heavy atom. The summed E-state index contributed by atoms with van der Waals surface area (Å²) in [6.07, 6.45) is 5.08. The molecular formula is C36H41N11O3. The Morgan fingerprint density at radius 2 is 1.40 bits per heavy atom. The van der Waals surface area contributed by atoms with Crippen molar-refractivity contribution in [2.75, 3.05) is 0 Å². The van der Waals surface area contributed by atoms with E-state index in [1.165, 1.54) is 6.33 Å². The van der Waals surface area contributed by atoms with Gasteiger partial charge in [0.05, 0.1) is 34.4 Å². The second-order valence-corrected chi connectivity index (χ2v) is 13.7. The van der Waals surface area contributed by atoms with Crippen LogP contribution in [0.2, 0.25) is 0 Å². The Labute approximate surface area is 289 Å². The van der Waals surface area contributed by atoms with E-state index in [0.29, 0.717) is 42.4 Å². The van der Waals surface area contributed by atoms with Crippen molar-refractivity contribution in [3.8, 4) is 17.1 Å². The molecule has 2 saturated heterocycles. The summed E-state index contributed by atoms with van der Waals surface area (Å²) in [6, 6.07) is 28.0. The van der Waals surface area contributed by atoms with Gasteiger partial charge in [-0.2, -0.15) is 4.68 Å². The molecule has 2 aliphatic rings. The van der Waals surface area contributed by atoms with Crippen molar-refractivity contribution in [2.45, 2.75) is 81.1 Å². The molecule has 3 aromatic heterocycles. The molecule has 6 aromatic rings. The zero-order chi connectivity index (χ0) is 34.7. The van der Waals surface area contributed by atoms with Crippen LogP contribution in [0.4, 0.5) is 0 Å². The third-order valence-corrected chi connectivity index (χ3v) is 9.38. The van der Waals surface area contributed by atoms with E-state index in [4.69, 9.17) is 20.3 Å². The van der Waals surface area contributed by atoms with Gasteiger partial charge in [-0.15, -0.1) is 25.5 Å². The van der Waals surface area contributed by atoms with E-state index in [1.807, 2.05) is 98.8 Å². The van der Waals surface area contributed by atoms with Gasteiger partial charge in [-0.05, 0) is 79.6 Å². The lowest BCUT2D eigenvalue weighted by Crippen LogP contribution is -2.43. The number of nitrogens with zero attached hydrogens (tertiary/aromatic N) is 8. The first-order valence-electron chi connectivity index (χ1n) is 16.8. The molecule has 0 spiro atoms. The number of nitrogens with two attached hydrogens (primary N) is 2. The zero-order valence-electron chi connectivity index (χ0n) is 28.0. The number of piperidine rings is 1. The van der Waals surface area contributed by atoms with E-state index in [1.54, 1.807) is 4.68 Å². The molecule has 5 heterocycles. The largest absolute Gasteiger partial charge is 0.423 e. The summed E-state index contributed by atoms with van der Waals surface area (Å²) in [5.74, 6) is 2.03. The van der Waals surface area contributed by atoms with Crippen LogP contribution in [-0.2, 0) is 23.9 Å². The molecule has 0 radical (unpaired) electrons. The van der Waals surface area contributed by atoms with E-state index in [9.17, 15) is 5.11 Å². The highest BCUT2D eigenvalue weighted by atomic mass is 16.4. The van der Waals surface area contributed by atoms with E-state index in [0.717, 1.165) is 41.6 Å². The molecule has 14 nitrogen and oxygen atoms in total. The Hall–Kier alpha value is -5.15.